The molecule has 0 aliphatic heterocycles. The Labute approximate surface area is 152 Å². The number of hydrogen-bond acceptors (Lipinski definition) is 0. The maximum absolute atomic E-state index is 14.2. The third-order valence-electron chi connectivity index (χ3n) is 6.13. The highest BCUT2D eigenvalue weighted by Gasteiger charge is 2.42. The minimum Gasteiger partial charge on any atom is -0.207 e. The molecule has 0 saturated heterocycles. The highest BCUT2D eigenvalue weighted by molar-refractivity contribution is 6.30. The molecule has 2 aromatic carbocycles. The summed E-state index contributed by atoms with van der Waals surface area (Å²) in [5.74, 6) is 0.459. The average molecular weight is 359 g/mol. The van der Waals surface area contributed by atoms with Crippen LogP contribution in [0, 0.1) is 23.5 Å². The quantitative estimate of drug-likeness (QED) is 0.527. The number of benzene rings is 2. The lowest BCUT2D eigenvalue weighted by Gasteiger charge is -2.46. The van der Waals surface area contributed by atoms with Gasteiger partial charge in [0.1, 0.15) is 11.6 Å². The molecular weight excluding hydrogens is 338 g/mol. The third kappa shape index (κ3) is 2.91. The van der Waals surface area contributed by atoms with Crippen LogP contribution in [0.2, 0.25) is 5.02 Å². The molecule has 0 aromatic heterocycles. The summed E-state index contributed by atoms with van der Waals surface area (Å²) in [7, 11) is 0. The predicted molar refractivity (Wildman–Crippen MR) is 98.0 cm³/mol. The normalized spacial score (nSPS) is 28.1. The van der Waals surface area contributed by atoms with Crippen LogP contribution in [0.25, 0.3) is 0 Å². The summed E-state index contributed by atoms with van der Waals surface area (Å²) < 4.78 is 28.1. The van der Waals surface area contributed by atoms with E-state index in [0.29, 0.717) is 24.2 Å². The zero-order valence-electron chi connectivity index (χ0n) is 14.0. The van der Waals surface area contributed by atoms with Gasteiger partial charge in [-0.05, 0) is 84.2 Å². The van der Waals surface area contributed by atoms with Crippen molar-refractivity contribution in [3.63, 3.8) is 0 Å². The second-order valence-corrected chi connectivity index (χ2v) is 7.76. The number of fused-ring (bicyclic) bond motifs is 3. The molecule has 0 amide bonds. The summed E-state index contributed by atoms with van der Waals surface area (Å²) >= 11 is 6.06. The lowest BCUT2D eigenvalue weighted by Crippen LogP contribution is -2.35. The van der Waals surface area contributed by atoms with E-state index in [1.54, 1.807) is 6.07 Å². The van der Waals surface area contributed by atoms with Crippen molar-refractivity contribution in [2.24, 2.45) is 11.8 Å². The summed E-state index contributed by atoms with van der Waals surface area (Å²) in [6, 6.07) is 10.6. The van der Waals surface area contributed by atoms with E-state index in [4.69, 9.17) is 11.6 Å². The van der Waals surface area contributed by atoms with Crippen molar-refractivity contribution in [3.05, 3.63) is 82.4 Å². The number of hydrogen-bond donors (Lipinski definition) is 0. The molecule has 25 heavy (non-hydrogen) atoms. The molecule has 0 unspecified atom stereocenters. The van der Waals surface area contributed by atoms with Crippen LogP contribution in [-0.4, -0.2) is 0 Å². The SMILES string of the molecule is C=C[C@@H]1CC[C@H]2c3cc(F)cc(F)c3CC[C@@H]2[C@H]1c1ccc(Cl)cc1. The highest BCUT2D eigenvalue weighted by Crippen LogP contribution is 2.54. The number of allylic oxidation sites excluding steroid dienone is 1. The van der Waals surface area contributed by atoms with E-state index >= 15 is 0 Å². The highest BCUT2D eigenvalue weighted by atomic mass is 35.5. The van der Waals surface area contributed by atoms with E-state index in [0.717, 1.165) is 41.5 Å². The molecular formula is C22H21ClF2. The molecule has 130 valence electrons. The van der Waals surface area contributed by atoms with Crippen molar-refractivity contribution in [2.75, 3.05) is 0 Å². The fourth-order valence-corrected chi connectivity index (χ4v) is 5.20. The topological polar surface area (TPSA) is 0 Å². The molecule has 1 saturated carbocycles. The fourth-order valence-electron chi connectivity index (χ4n) is 5.07. The molecule has 2 aliphatic rings. The van der Waals surface area contributed by atoms with Gasteiger partial charge in [0.05, 0.1) is 0 Å². The number of halogens is 3. The minimum atomic E-state index is -0.467. The first-order chi connectivity index (χ1) is 12.1. The number of rotatable bonds is 2. The Morgan fingerprint density at radius 3 is 2.52 bits per heavy atom. The predicted octanol–water partition coefficient (Wildman–Crippen LogP) is 6.64. The van der Waals surface area contributed by atoms with Crippen LogP contribution in [0.5, 0.6) is 0 Å². The molecule has 0 spiro atoms. The van der Waals surface area contributed by atoms with E-state index in [1.807, 2.05) is 12.1 Å². The summed E-state index contributed by atoms with van der Waals surface area (Å²) in [5.41, 5.74) is 2.86. The van der Waals surface area contributed by atoms with Crippen molar-refractivity contribution in [3.8, 4) is 0 Å². The summed E-state index contributed by atoms with van der Waals surface area (Å²) in [5, 5.41) is 0.726. The Bertz CT molecular complexity index is 796. The van der Waals surface area contributed by atoms with E-state index in [-0.39, 0.29) is 11.7 Å². The van der Waals surface area contributed by atoms with Crippen molar-refractivity contribution in [1.29, 1.82) is 0 Å². The smallest absolute Gasteiger partial charge is 0.129 e. The zero-order chi connectivity index (χ0) is 17.6. The lowest BCUT2D eigenvalue weighted by atomic mass is 9.58. The van der Waals surface area contributed by atoms with Crippen LogP contribution in [0.1, 0.15) is 47.8 Å². The van der Waals surface area contributed by atoms with E-state index in [1.165, 1.54) is 5.56 Å². The minimum absolute atomic E-state index is 0.214. The Kier molecular flexibility index (Phi) is 4.41. The van der Waals surface area contributed by atoms with E-state index < -0.39 is 5.82 Å². The second-order valence-electron chi connectivity index (χ2n) is 7.32. The van der Waals surface area contributed by atoms with Gasteiger partial charge in [-0.3, -0.25) is 0 Å². The summed E-state index contributed by atoms with van der Waals surface area (Å²) in [4.78, 5) is 0. The summed E-state index contributed by atoms with van der Waals surface area (Å²) in [6.07, 6.45) is 5.61. The van der Waals surface area contributed by atoms with Crippen LogP contribution in [-0.2, 0) is 6.42 Å². The molecule has 0 heterocycles. The van der Waals surface area contributed by atoms with Crippen molar-refractivity contribution < 1.29 is 8.78 Å². The Balaban J connectivity index is 1.77. The molecule has 0 radical (unpaired) electrons. The van der Waals surface area contributed by atoms with E-state index in [2.05, 4.69) is 24.8 Å². The van der Waals surface area contributed by atoms with Crippen molar-refractivity contribution in [1.82, 2.24) is 0 Å². The average Bonchev–Trinajstić information content (AvgIpc) is 2.61. The van der Waals surface area contributed by atoms with Crippen LogP contribution in [0.4, 0.5) is 8.78 Å². The Hall–Kier alpha value is -1.67. The molecule has 2 aromatic rings. The van der Waals surface area contributed by atoms with Crippen molar-refractivity contribution in [2.45, 2.75) is 37.5 Å². The van der Waals surface area contributed by atoms with Gasteiger partial charge in [0.15, 0.2) is 0 Å². The molecule has 0 N–H and O–H groups in total. The first-order valence-corrected chi connectivity index (χ1v) is 9.32. The van der Waals surface area contributed by atoms with Crippen LogP contribution >= 0.6 is 11.6 Å². The first-order valence-electron chi connectivity index (χ1n) is 8.94. The van der Waals surface area contributed by atoms with Gasteiger partial charge in [-0.25, -0.2) is 8.78 Å². The van der Waals surface area contributed by atoms with Gasteiger partial charge in [0.2, 0.25) is 0 Å². The second kappa shape index (κ2) is 6.57. The molecule has 0 nitrogen and oxygen atoms in total. The van der Waals surface area contributed by atoms with Gasteiger partial charge in [0, 0.05) is 11.1 Å². The van der Waals surface area contributed by atoms with Crippen LogP contribution in [0.3, 0.4) is 0 Å². The fraction of sp³-hybridized carbons (Fsp3) is 0.364. The molecule has 4 atom stereocenters. The maximum Gasteiger partial charge on any atom is 0.129 e. The largest absolute Gasteiger partial charge is 0.207 e. The van der Waals surface area contributed by atoms with Gasteiger partial charge in [0.25, 0.3) is 0 Å². The molecule has 4 rings (SSSR count). The summed E-state index contributed by atoms with van der Waals surface area (Å²) in [6.45, 7) is 4.04. The van der Waals surface area contributed by atoms with Gasteiger partial charge >= 0.3 is 0 Å². The lowest BCUT2D eigenvalue weighted by molar-refractivity contribution is 0.194. The molecule has 3 heteroatoms. The van der Waals surface area contributed by atoms with Gasteiger partial charge < -0.3 is 0 Å². The van der Waals surface area contributed by atoms with Gasteiger partial charge in [-0.15, -0.1) is 6.58 Å². The first kappa shape index (κ1) is 16.8. The van der Waals surface area contributed by atoms with Crippen molar-refractivity contribution >= 4 is 11.6 Å². The molecule has 0 bridgehead atoms. The maximum atomic E-state index is 14.2. The third-order valence-corrected chi connectivity index (χ3v) is 6.38. The van der Waals surface area contributed by atoms with Gasteiger partial charge in [-0.2, -0.15) is 0 Å². The van der Waals surface area contributed by atoms with Crippen LogP contribution in [0.15, 0.2) is 49.1 Å². The molecule has 2 aliphatic carbocycles. The standard InChI is InChI=1S/C22H21ClF2/c1-2-13-5-8-17-19(22(13)14-3-6-15(23)7-4-14)10-9-18-20(17)11-16(24)12-21(18)25/h2-4,6-7,11-13,17,19,22H,1,5,8-10H2/t13-,17-,19+,22-/m1/s1. The Morgan fingerprint density at radius 2 is 1.80 bits per heavy atom. The molecule has 1 fully saturated rings. The monoisotopic (exact) mass is 358 g/mol. The Morgan fingerprint density at radius 1 is 1.04 bits per heavy atom. The zero-order valence-corrected chi connectivity index (χ0v) is 14.8. The van der Waals surface area contributed by atoms with Crippen LogP contribution < -0.4 is 0 Å². The van der Waals surface area contributed by atoms with E-state index in [9.17, 15) is 8.78 Å². The van der Waals surface area contributed by atoms with Gasteiger partial charge in [-0.1, -0.05) is 29.8 Å².